The van der Waals surface area contributed by atoms with Crippen LogP contribution in [0.25, 0.3) is 0 Å². The summed E-state index contributed by atoms with van der Waals surface area (Å²) in [6.45, 7) is 0. The van der Waals surface area contributed by atoms with Crippen LogP contribution in [0.1, 0.15) is 11.3 Å². The van der Waals surface area contributed by atoms with Gasteiger partial charge in [-0.05, 0) is 42.0 Å². The summed E-state index contributed by atoms with van der Waals surface area (Å²) in [4.78, 5) is 30.9. The van der Waals surface area contributed by atoms with Gasteiger partial charge in [0.25, 0.3) is 0 Å². The van der Waals surface area contributed by atoms with E-state index in [2.05, 4.69) is 0 Å². The van der Waals surface area contributed by atoms with E-state index in [0.29, 0.717) is 0 Å². The van der Waals surface area contributed by atoms with Gasteiger partial charge in [0.05, 0.1) is 0 Å². The van der Waals surface area contributed by atoms with Gasteiger partial charge in [0.1, 0.15) is 11.6 Å². The highest BCUT2D eigenvalue weighted by Crippen LogP contribution is 2.55. The maximum Gasteiger partial charge on any atom is 0.471 e. The lowest BCUT2D eigenvalue weighted by molar-refractivity contribution is -0.170. The summed E-state index contributed by atoms with van der Waals surface area (Å²) in [7, 11) is -5.38. The summed E-state index contributed by atoms with van der Waals surface area (Å²) in [5.74, 6) is -6.58. The van der Waals surface area contributed by atoms with Gasteiger partial charge in [-0.1, -0.05) is 12.1 Å². The quantitative estimate of drug-likeness (QED) is 0.611. The molecule has 0 fully saturated rings. The van der Waals surface area contributed by atoms with Gasteiger partial charge < -0.3 is 9.79 Å². The second-order valence-corrected chi connectivity index (χ2v) is 6.83. The number of anilines is 1. The van der Waals surface area contributed by atoms with Crippen LogP contribution in [0, 0.1) is 11.6 Å². The molecule has 0 radical (unpaired) electrons. The van der Waals surface area contributed by atoms with E-state index < -0.39 is 48.3 Å². The van der Waals surface area contributed by atoms with Crippen molar-refractivity contribution in [3.8, 4) is 0 Å². The SMILES string of the molecule is O=C(N(c1ccc(F)cc1)C(c1ccc(F)cc1)P(=O)(O)O)C(F)(F)F. The topological polar surface area (TPSA) is 77.8 Å². The summed E-state index contributed by atoms with van der Waals surface area (Å²) in [5, 5.41) is 0. The fraction of sp³-hybridized carbons (Fsp3) is 0.133. The Morgan fingerprint density at radius 2 is 1.35 bits per heavy atom. The van der Waals surface area contributed by atoms with Crippen LogP contribution in [0.3, 0.4) is 0 Å². The van der Waals surface area contributed by atoms with Crippen molar-refractivity contribution < 1.29 is 41.1 Å². The Labute approximate surface area is 143 Å². The zero-order valence-electron chi connectivity index (χ0n) is 12.7. The number of amides is 1. The first kappa shape index (κ1) is 20.0. The van der Waals surface area contributed by atoms with Gasteiger partial charge in [0.2, 0.25) is 0 Å². The number of benzene rings is 2. The average Bonchev–Trinajstić information content (AvgIpc) is 2.52. The van der Waals surface area contributed by atoms with Gasteiger partial charge in [0, 0.05) is 5.69 Å². The third-order valence-corrected chi connectivity index (χ3v) is 4.46. The molecule has 0 heterocycles. The van der Waals surface area contributed by atoms with E-state index in [9.17, 15) is 41.1 Å². The number of hydrogen-bond donors (Lipinski definition) is 2. The van der Waals surface area contributed by atoms with Crippen molar-refractivity contribution in [2.75, 3.05) is 4.90 Å². The first-order valence-electron chi connectivity index (χ1n) is 6.88. The average molecular weight is 395 g/mol. The largest absolute Gasteiger partial charge is 0.471 e. The van der Waals surface area contributed by atoms with E-state index in [0.717, 1.165) is 48.5 Å². The fourth-order valence-corrected chi connectivity index (χ4v) is 3.34. The first-order valence-corrected chi connectivity index (χ1v) is 8.56. The molecule has 2 N–H and O–H groups in total. The van der Waals surface area contributed by atoms with Gasteiger partial charge in [-0.15, -0.1) is 0 Å². The lowest BCUT2D eigenvalue weighted by Crippen LogP contribution is -2.43. The van der Waals surface area contributed by atoms with Crippen LogP contribution in [0.2, 0.25) is 0 Å². The smallest absolute Gasteiger partial charge is 0.323 e. The Balaban J connectivity index is 2.69. The molecule has 5 nitrogen and oxygen atoms in total. The highest BCUT2D eigenvalue weighted by Gasteiger charge is 2.50. The Hall–Kier alpha value is -2.29. The lowest BCUT2D eigenvalue weighted by Gasteiger charge is -2.32. The minimum atomic E-state index is -5.47. The number of alkyl halides is 3. The molecule has 11 heteroatoms. The number of rotatable bonds is 4. The molecule has 0 aliphatic carbocycles. The number of hydrogen-bond acceptors (Lipinski definition) is 2. The van der Waals surface area contributed by atoms with E-state index in [4.69, 9.17) is 0 Å². The third kappa shape index (κ3) is 4.46. The van der Waals surface area contributed by atoms with E-state index in [-0.39, 0.29) is 4.90 Å². The van der Waals surface area contributed by atoms with Crippen LogP contribution in [-0.2, 0) is 9.36 Å². The molecule has 0 saturated heterocycles. The Morgan fingerprint density at radius 1 is 0.923 bits per heavy atom. The molecule has 26 heavy (non-hydrogen) atoms. The van der Waals surface area contributed by atoms with E-state index in [1.807, 2.05) is 0 Å². The molecule has 2 aromatic rings. The van der Waals surface area contributed by atoms with Gasteiger partial charge in [0.15, 0.2) is 5.78 Å². The molecule has 0 spiro atoms. The van der Waals surface area contributed by atoms with Gasteiger partial charge in [-0.25, -0.2) is 8.78 Å². The maximum absolute atomic E-state index is 13.1. The third-order valence-electron chi connectivity index (χ3n) is 3.30. The molecule has 0 aliphatic rings. The number of nitrogens with zero attached hydrogens (tertiary/aromatic N) is 1. The highest BCUT2D eigenvalue weighted by atomic mass is 31.2. The maximum atomic E-state index is 13.1. The number of carbonyl (C=O) groups is 1. The fourth-order valence-electron chi connectivity index (χ4n) is 2.24. The van der Waals surface area contributed by atoms with Crippen molar-refractivity contribution in [1.82, 2.24) is 0 Å². The van der Waals surface area contributed by atoms with Crippen molar-refractivity contribution in [1.29, 1.82) is 0 Å². The van der Waals surface area contributed by atoms with Crippen LogP contribution in [0.4, 0.5) is 27.6 Å². The molecule has 1 amide bonds. The predicted molar refractivity (Wildman–Crippen MR) is 81.1 cm³/mol. The van der Waals surface area contributed by atoms with Crippen molar-refractivity contribution in [3.63, 3.8) is 0 Å². The lowest BCUT2D eigenvalue weighted by atomic mass is 10.1. The molecular formula is C15H11F5NO4P. The summed E-state index contributed by atoms with van der Waals surface area (Å²) in [5.41, 5.74) is -1.02. The summed E-state index contributed by atoms with van der Waals surface area (Å²) >= 11 is 0. The molecule has 1 unspecified atom stereocenters. The van der Waals surface area contributed by atoms with Crippen LogP contribution < -0.4 is 4.90 Å². The van der Waals surface area contributed by atoms with Crippen LogP contribution in [-0.4, -0.2) is 21.9 Å². The molecule has 1 atom stereocenters. The van der Waals surface area contributed by atoms with E-state index >= 15 is 0 Å². The number of carbonyl (C=O) groups excluding carboxylic acids is 1. The highest BCUT2D eigenvalue weighted by molar-refractivity contribution is 7.52. The molecule has 2 rings (SSSR count). The number of halogens is 5. The minimum Gasteiger partial charge on any atom is -0.323 e. The first-order chi connectivity index (χ1) is 11.9. The van der Waals surface area contributed by atoms with Gasteiger partial charge in [-0.2, -0.15) is 13.2 Å². The van der Waals surface area contributed by atoms with Gasteiger partial charge >= 0.3 is 19.7 Å². The van der Waals surface area contributed by atoms with Crippen LogP contribution in [0.15, 0.2) is 48.5 Å². The Bertz CT molecular complexity index is 833. The Kier molecular flexibility index (Phi) is 5.50. The normalized spacial score (nSPS) is 13.3. The molecule has 0 aromatic heterocycles. The van der Waals surface area contributed by atoms with E-state index in [1.165, 1.54) is 0 Å². The molecular weight excluding hydrogens is 384 g/mol. The molecule has 140 valence electrons. The summed E-state index contributed by atoms with van der Waals surface area (Å²) in [6.07, 6.45) is -5.47. The monoisotopic (exact) mass is 395 g/mol. The molecule has 0 saturated carbocycles. The molecule has 0 aliphatic heterocycles. The zero-order valence-corrected chi connectivity index (χ0v) is 13.6. The van der Waals surface area contributed by atoms with Crippen molar-refractivity contribution in [3.05, 3.63) is 65.7 Å². The van der Waals surface area contributed by atoms with Crippen molar-refractivity contribution in [2.24, 2.45) is 0 Å². The zero-order chi connectivity index (χ0) is 19.7. The van der Waals surface area contributed by atoms with Gasteiger partial charge in [-0.3, -0.25) is 14.3 Å². The molecule has 0 bridgehead atoms. The standard InChI is InChI=1S/C15H11F5NO4P/c16-10-3-1-9(2-4-10)13(26(23,24)25)21(14(22)15(18,19)20)12-7-5-11(17)6-8-12/h1-8,13H,(H2,23,24,25). The van der Waals surface area contributed by atoms with Crippen LogP contribution in [0.5, 0.6) is 0 Å². The van der Waals surface area contributed by atoms with Crippen LogP contribution >= 0.6 is 7.60 Å². The predicted octanol–water partition coefficient (Wildman–Crippen LogP) is 3.74. The van der Waals surface area contributed by atoms with Crippen molar-refractivity contribution in [2.45, 2.75) is 12.0 Å². The van der Waals surface area contributed by atoms with E-state index in [1.54, 1.807) is 0 Å². The Morgan fingerprint density at radius 3 is 1.73 bits per heavy atom. The minimum absolute atomic E-state index is 0.173. The second-order valence-electron chi connectivity index (χ2n) is 5.16. The summed E-state index contributed by atoms with van der Waals surface area (Å²) in [6, 6.07) is 6.24. The second kappa shape index (κ2) is 7.14. The molecule has 2 aromatic carbocycles. The summed E-state index contributed by atoms with van der Waals surface area (Å²) < 4.78 is 77.1. The van der Waals surface area contributed by atoms with Crippen molar-refractivity contribution >= 4 is 19.2 Å².